The fourth-order valence-corrected chi connectivity index (χ4v) is 13.1. The molecule has 0 saturated carbocycles. The second kappa shape index (κ2) is 28.5. The number of fused-ring (bicyclic) bond motifs is 4. The van der Waals surface area contributed by atoms with Gasteiger partial charge in [0.1, 0.15) is 28.3 Å². The number of alkyl halides is 12. The number of anilines is 3. The van der Waals surface area contributed by atoms with Gasteiger partial charge < -0.3 is 16.0 Å². The first-order chi connectivity index (χ1) is 46.3. The maximum atomic E-state index is 14.6. The van der Waals surface area contributed by atoms with Crippen LogP contribution in [0, 0.1) is 45.7 Å². The van der Waals surface area contributed by atoms with Crippen LogP contribution >= 0.6 is 46.4 Å². The van der Waals surface area contributed by atoms with Crippen LogP contribution in [0.5, 0.6) is 0 Å². The summed E-state index contributed by atoms with van der Waals surface area (Å²) in [6.07, 6.45) is -9.80. The largest absolute Gasteiger partial charge is 0.433 e. The third-order valence-electron chi connectivity index (χ3n) is 16.5. The smallest absolute Gasteiger partial charge is 0.398 e. The van der Waals surface area contributed by atoms with Gasteiger partial charge in [-0.05, 0) is 87.8 Å². The van der Waals surface area contributed by atoms with Crippen LogP contribution in [-0.4, -0.2) is 63.0 Å². The fourth-order valence-electron chi connectivity index (χ4n) is 12.2. The zero-order chi connectivity index (χ0) is 73.0. The van der Waals surface area contributed by atoms with E-state index in [1.54, 1.807) is 7.05 Å². The van der Waals surface area contributed by atoms with Gasteiger partial charge in [0, 0.05) is 101 Å². The van der Waals surface area contributed by atoms with Gasteiger partial charge in [0.05, 0.1) is 65.9 Å². The van der Waals surface area contributed by atoms with Crippen LogP contribution in [0.1, 0.15) is 74.1 Å². The molecule has 8 aromatic rings. The van der Waals surface area contributed by atoms with Crippen LogP contribution in [0.15, 0.2) is 67.7 Å². The molecule has 4 aliphatic rings. The lowest BCUT2D eigenvalue weighted by Gasteiger charge is -2.21. The molecule has 0 amide bonds. The minimum absolute atomic E-state index is 0.00775. The van der Waals surface area contributed by atoms with E-state index in [-0.39, 0.29) is 91.0 Å². The van der Waals surface area contributed by atoms with Gasteiger partial charge in [-0.1, -0.05) is 52.3 Å². The topological polar surface area (TPSA) is 192 Å². The molecule has 3 N–H and O–H groups in total. The van der Waals surface area contributed by atoms with Gasteiger partial charge in [0.15, 0.2) is 22.8 Å². The van der Waals surface area contributed by atoms with Crippen LogP contribution < -0.4 is 38.2 Å². The average molecular weight is 1490 g/mol. The van der Waals surface area contributed by atoms with Gasteiger partial charge in [-0.15, -0.1) is 6.42 Å². The Morgan fingerprint density at radius 3 is 1.07 bits per heavy atom. The Bertz CT molecular complexity index is 4800. The molecule has 4 aromatic carbocycles. The van der Waals surface area contributed by atoms with Crippen LogP contribution in [0.2, 0.25) is 20.1 Å². The van der Waals surface area contributed by atoms with Crippen molar-refractivity contribution in [1.82, 2.24) is 37.5 Å². The molecule has 0 radical (unpaired) electrons. The summed E-state index contributed by atoms with van der Waals surface area (Å²) in [5, 5.41) is 13.0. The van der Waals surface area contributed by atoms with E-state index in [2.05, 4.69) is 11.2 Å². The van der Waals surface area contributed by atoms with Crippen molar-refractivity contribution >= 4 is 69.2 Å². The van der Waals surface area contributed by atoms with Crippen molar-refractivity contribution in [2.45, 2.75) is 128 Å². The molecule has 0 bridgehead atoms. The van der Waals surface area contributed by atoms with Crippen molar-refractivity contribution in [2.24, 2.45) is 0 Å². The Labute approximate surface area is 567 Å². The number of rotatable bonds is 8. The molecule has 4 aliphatic heterocycles. The Hall–Kier alpha value is -8.68. The molecule has 0 saturated heterocycles. The second-order valence-electron chi connectivity index (χ2n) is 22.7. The lowest BCUT2D eigenvalue weighted by molar-refractivity contribution is -0.384. The first-order valence-corrected chi connectivity index (χ1v) is 31.1. The molecule has 0 atom stereocenters. The highest BCUT2D eigenvalue weighted by Crippen LogP contribution is 2.45. The van der Waals surface area contributed by atoms with Gasteiger partial charge in [0.25, 0.3) is 27.9 Å². The number of terminal acetylenes is 1. The summed E-state index contributed by atoms with van der Waals surface area (Å²) >= 11 is 23.1. The van der Waals surface area contributed by atoms with Gasteiger partial charge in [-0.2, -0.15) is 52.7 Å². The molecule has 8 heterocycles. The highest BCUT2D eigenvalue weighted by Gasteiger charge is 2.47. The van der Waals surface area contributed by atoms with Crippen molar-refractivity contribution in [3.05, 3.63) is 166 Å². The van der Waals surface area contributed by atoms with Crippen molar-refractivity contribution < 1.29 is 75.2 Å². The number of nitro groups is 1. The summed E-state index contributed by atoms with van der Waals surface area (Å²) in [5.74, 6) is -1.84. The lowest BCUT2D eigenvalue weighted by Crippen LogP contribution is -2.28. The van der Waals surface area contributed by atoms with Gasteiger partial charge >= 0.3 is 24.7 Å². The van der Waals surface area contributed by atoms with Crippen LogP contribution in [0.4, 0.5) is 93.0 Å². The summed E-state index contributed by atoms with van der Waals surface area (Å²) < 4.78 is 228. The molecule has 0 fully saturated rings. The molecule has 0 aliphatic carbocycles. The molecule has 0 spiro atoms. The number of aromatic nitrogens is 8. The van der Waals surface area contributed by atoms with Gasteiger partial charge in [-0.25, -0.2) is 36.3 Å². The summed E-state index contributed by atoms with van der Waals surface area (Å²) in [6, 6.07) is 6.98. The summed E-state index contributed by atoms with van der Waals surface area (Å²) in [5.41, 5.74) is -8.32. The Kier molecular flexibility index (Phi) is 21.5. The third-order valence-corrected chi connectivity index (χ3v) is 17.7. The average Bonchev–Trinajstić information content (AvgIpc) is 1.63. The van der Waals surface area contributed by atoms with Crippen molar-refractivity contribution in [3.8, 4) is 56.9 Å². The molecule has 532 valence electrons. The number of hydrogen-bond acceptors (Lipinski definition) is 9. The number of nitrogens with one attached hydrogen (secondary N) is 1. The second-order valence-corrected chi connectivity index (χ2v) is 24.3. The first-order valence-electron chi connectivity index (χ1n) is 29.6. The number of halogens is 20. The lowest BCUT2D eigenvalue weighted by atomic mass is 10.0. The van der Waals surface area contributed by atoms with E-state index in [1.807, 2.05) is 0 Å². The number of nitro benzene ring substituents is 1. The van der Waals surface area contributed by atoms with E-state index in [0.29, 0.717) is 63.5 Å². The molecule has 4 aromatic heterocycles. The quantitative estimate of drug-likeness (QED) is 0.0490. The molecule has 99 heavy (non-hydrogen) atoms. The third kappa shape index (κ3) is 14.6. The van der Waals surface area contributed by atoms with Crippen molar-refractivity contribution in [1.29, 1.82) is 0 Å². The van der Waals surface area contributed by atoms with E-state index in [0.717, 1.165) is 73.9 Å². The predicted molar refractivity (Wildman–Crippen MR) is 336 cm³/mol. The minimum Gasteiger partial charge on any atom is -0.398 e. The molecule has 12 rings (SSSR count). The summed E-state index contributed by atoms with van der Waals surface area (Å²) in [4.78, 5) is 61.7. The number of nitrogen functional groups attached to an aromatic ring is 1. The number of nitrogens with zero attached hydrogens (tertiary/aromatic N) is 10. The predicted octanol–water partition coefficient (Wildman–Crippen LogP) is 15.3. The zero-order valence-corrected chi connectivity index (χ0v) is 54.3. The Morgan fingerprint density at radius 2 is 0.758 bits per heavy atom. The molecule has 0 unspecified atom stereocenters. The molecule has 18 nitrogen and oxygen atoms in total. The standard InChI is InChI=1S/C18H16ClF4N3O.C15H14ClF4N3O.C14H10ClF4N3O3.C14H12ClF4N3O/c1-3-6-24(2)14-9-11(13(20)10-12(14)19)15-16(18(21,22)23)25-7-4-5-8-26(25)17(15)27;1-21-11-6-8(10(17)7-9(11)16)12-13(15(18,19)20)22-4-2-3-5-23(22)14(12)24;15-8-6-9(16)7(5-10(8)22(24)25)11-12(14(17,18)19)20-3-1-2-4-21(20)13(11)23;15-8-6-9(16)7(5-10(8)20)11-12(14(17,18)19)21-3-1-2-4-22(21)13(11)23/h1,9-10H,4-8H2,2H3;6-7,21H,2-5H2,1H3;5-6H,1-4H2;5-6H,1-4,20H2. The summed E-state index contributed by atoms with van der Waals surface area (Å²) in [7, 11) is 3.08. The first kappa shape index (κ1) is 74.5. The monoisotopic (exact) mass is 1490 g/mol. The van der Waals surface area contributed by atoms with Crippen LogP contribution in [0.3, 0.4) is 0 Å². The normalized spacial score (nSPS) is 14.4. The number of benzene rings is 4. The molecule has 38 heteroatoms. The van der Waals surface area contributed by atoms with Gasteiger partial charge in [-0.3, -0.25) is 48.0 Å². The van der Waals surface area contributed by atoms with Gasteiger partial charge in [0.2, 0.25) is 0 Å². The van der Waals surface area contributed by atoms with Crippen molar-refractivity contribution in [2.75, 3.05) is 36.6 Å². The Balaban J connectivity index is 0.000000154. The molecular weight excluding hydrogens is 1440 g/mol. The molecular formula is C61H52Cl4F16N12O6. The van der Waals surface area contributed by atoms with Crippen molar-refractivity contribution in [3.63, 3.8) is 0 Å². The minimum atomic E-state index is -4.93. The van der Waals surface area contributed by atoms with E-state index in [4.69, 9.17) is 58.6 Å². The highest BCUT2D eigenvalue weighted by atomic mass is 35.5. The van der Waals surface area contributed by atoms with Crippen LogP contribution in [0.25, 0.3) is 44.5 Å². The fraction of sp³-hybridized carbons (Fsp3) is 0.377. The SMILES string of the molecule is C#CCN(C)c1cc(-c2c(C(F)(F)F)n3n(c2=O)CCCC3)c(F)cc1Cl.CNc1cc(-c2c(C(F)(F)F)n3n(c2=O)CCCC3)c(F)cc1Cl.Nc1cc(-c2c(C(F)(F)F)n3n(c2=O)CCCC3)c(F)cc1Cl.O=c1c(-c2cc([N+](=O)[O-])c(Cl)cc2F)c(C(F)(F)F)n2n1CCCC2. The number of nitrogens with two attached hydrogens (primary N) is 1. The van der Waals surface area contributed by atoms with E-state index >= 15 is 0 Å². The highest BCUT2D eigenvalue weighted by molar-refractivity contribution is 6.34. The Morgan fingerprint density at radius 1 is 0.475 bits per heavy atom. The summed E-state index contributed by atoms with van der Waals surface area (Å²) in [6.45, 7) is 0.766. The maximum absolute atomic E-state index is 14.6. The van der Waals surface area contributed by atoms with E-state index in [9.17, 15) is 99.5 Å². The zero-order valence-electron chi connectivity index (χ0n) is 51.3. The van der Waals surface area contributed by atoms with E-state index in [1.165, 1.54) is 11.9 Å². The van der Waals surface area contributed by atoms with E-state index < -0.39 is 153 Å². The maximum Gasteiger partial charge on any atom is 0.433 e. The van der Waals surface area contributed by atoms with Crippen LogP contribution in [-0.2, 0) is 77.1 Å². The number of hydrogen-bond donors (Lipinski definition) is 2.